The quantitative estimate of drug-likeness (QED) is 0.549. The van der Waals surface area contributed by atoms with Crippen molar-refractivity contribution in [3.63, 3.8) is 0 Å². The first-order chi connectivity index (χ1) is 14.7. The van der Waals surface area contributed by atoms with Gasteiger partial charge in [-0.25, -0.2) is 17.7 Å². The van der Waals surface area contributed by atoms with Gasteiger partial charge in [-0.2, -0.15) is 0 Å². The minimum absolute atomic E-state index is 0.124. The molecule has 9 heteroatoms. The van der Waals surface area contributed by atoms with E-state index in [0.717, 1.165) is 10.0 Å². The number of aryl methyl sites for hydroxylation is 1. The number of halogens is 1. The van der Waals surface area contributed by atoms with Crippen LogP contribution < -0.4 is 10.5 Å². The molecule has 2 aromatic carbocycles. The van der Waals surface area contributed by atoms with Crippen LogP contribution in [0.4, 0.5) is 5.95 Å². The van der Waals surface area contributed by atoms with E-state index in [9.17, 15) is 13.2 Å². The number of hydrogen-bond donors (Lipinski definition) is 0. The molecule has 0 N–H and O–H groups in total. The summed E-state index contributed by atoms with van der Waals surface area (Å²) >= 11 is 3.58. The molecule has 162 valence electrons. The molecule has 0 amide bonds. The number of sulfonamides is 1. The first-order valence-corrected chi connectivity index (χ1v) is 12.9. The van der Waals surface area contributed by atoms with Gasteiger partial charge in [-0.3, -0.25) is 9.36 Å². The fourth-order valence-electron chi connectivity index (χ4n) is 4.64. The Labute approximate surface area is 189 Å². The Morgan fingerprint density at radius 1 is 1.13 bits per heavy atom. The van der Waals surface area contributed by atoms with E-state index in [0.29, 0.717) is 42.9 Å². The average Bonchev–Trinajstić information content (AvgIpc) is 3.35. The maximum absolute atomic E-state index is 13.7. The van der Waals surface area contributed by atoms with E-state index in [2.05, 4.69) is 33.0 Å². The van der Waals surface area contributed by atoms with Crippen LogP contribution in [0.5, 0.6) is 0 Å². The van der Waals surface area contributed by atoms with Crippen molar-refractivity contribution in [3.05, 3.63) is 67.9 Å². The second-order valence-electron chi connectivity index (χ2n) is 8.42. The number of fused-ring (bicyclic) bond motifs is 2. The molecule has 31 heavy (non-hydrogen) atoms. The molecule has 0 saturated carbocycles. The van der Waals surface area contributed by atoms with Gasteiger partial charge in [-0.1, -0.05) is 24.3 Å². The van der Waals surface area contributed by atoms with Crippen molar-refractivity contribution in [2.75, 3.05) is 24.2 Å². The number of aromatic nitrogens is 2. The Hall–Kier alpha value is -2.23. The van der Waals surface area contributed by atoms with Crippen LogP contribution >= 0.6 is 15.9 Å². The molecule has 1 saturated heterocycles. The van der Waals surface area contributed by atoms with Gasteiger partial charge in [0.1, 0.15) is 0 Å². The largest absolute Gasteiger partial charge is 0.333 e. The van der Waals surface area contributed by atoms with Crippen LogP contribution in [-0.4, -0.2) is 41.6 Å². The van der Waals surface area contributed by atoms with E-state index >= 15 is 0 Å². The van der Waals surface area contributed by atoms with Gasteiger partial charge in [-0.15, -0.1) is 0 Å². The summed E-state index contributed by atoms with van der Waals surface area (Å²) in [7, 11) is -3.31. The van der Waals surface area contributed by atoms with Crippen LogP contribution in [-0.2, 0) is 23.1 Å². The normalized spacial score (nSPS) is 19.3. The lowest BCUT2D eigenvalue weighted by atomic mass is 10.1. The standard InChI is InChI=1S/C22H23BrN4O3S/c1-14-9-18-20(19(23)10-14)24-22(25-11-15-5-3-4-6-16(15)12-25)27(21(18)28)17-7-8-26(13-17)31(2,29)30/h3-6,9-10,17H,7-8,11-13H2,1-2H3/t17-/m1/s1. The second-order valence-corrected chi connectivity index (χ2v) is 11.3. The summed E-state index contributed by atoms with van der Waals surface area (Å²) in [6.45, 7) is 3.97. The smallest absolute Gasteiger partial charge is 0.263 e. The number of benzene rings is 2. The van der Waals surface area contributed by atoms with Gasteiger partial charge in [0.2, 0.25) is 16.0 Å². The van der Waals surface area contributed by atoms with E-state index in [4.69, 9.17) is 4.98 Å². The van der Waals surface area contributed by atoms with Crippen LogP contribution in [0.3, 0.4) is 0 Å². The van der Waals surface area contributed by atoms with E-state index in [1.807, 2.05) is 31.2 Å². The third-order valence-electron chi connectivity index (χ3n) is 6.17. The van der Waals surface area contributed by atoms with Crippen molar-refractivity contribution >= 4 is 42.8 Å². The highest BCUT2D eigenvalue weighted by Gasteiger charge is 2.34. The maximum Gasteiger partial charge on any atom is 0.263 e. The summed E-state index contributed by atoms with van der Waals surface area (Å²) in [5.41, 5.74) is 3.91. The Morgan fingerprint density at radius 2 is 1.81 bits per heavy atom. The third-order valence-corrected chi connectivity index (χ3v) is 8.04. The van der Waals surface area contributed by atoms with E-state index in [-0.39, 0.29) is 18.1 Å². The van der Waals surface area contributed by atoms with Crippen LogP contribution in [0.15, 0.2) is 45.7 Å². The van der Waals surface area contributed by atoms with Gasteiger partial charge < -0.3 is 4.90 Å². The molecule has 2 aliphatic heterocycles. The Balaban J connectivity index is 1.68. The summed E-state index contributed by atoms with van der Waals surface area (Å²) in [4.78, 5) is 20.8. The predicted octanol–water partition coefficient (Wildman–Crippen LogP) is 3.19. The molecule has 7 nitrogen and oxygen atoms in total. The first kappa shape index (κ1) is 20.7. The zero-order valence-corrected chi connectivity index (χ0v) is 19.8. The number of rotatable bonds is 3. The summed E-state index contributed by atoms with van der Waals surface area (Å²) in [6.07, 6.45) is 1.80. The molecule has 0 unspecified atom stereocenters. The molecule has 5 rings (SSSR count). The van der Waals surface area contributed by atoms with Gasteiger partial charge >= 0.3 is 0 Å². The topological polar surface area (TPSA) is 75.5 Å². The summed E-state index contributed by atoms with van der Waals surface area (Å²) in [5.74, 6) is 0.596. The number of anilines is 1. The van der Waals surface area contributed by atoms with Crippen molar-refractivity contribution in [2.45, 2.75) is 32.5 Å². The average molecular weight is 503 g/mol. The van der Waals surface area contributed by atoms with Crippen LogP contribution in [0, 0.1) is 6.92 Å². The van der Waals surface area contributed by atoms with E-state index in [1.165, 1.54) is 21.7 Å². The molecule has 0 aliphatic carbocycles. The van der Waals surface area contributed by atoms with Gasteiger partial charge in [-0.05, 0) is 58.1 Å². The SMILES string of the molecule is Cc1cc(Br)c2nc(N3Cc4ccccc4C3)n([C@@H]3CCN(S(C)(=O)=O)C3)c(=O)c2c1. The minimum Gasteiger partial charge on any atom is -0.333 e. The summed E-state index contributed by atoms with van der Waals surface area (Å²) in [5, 5.41) is 0.546. The Morgan fingerprint density at radius 3 is 2.42 bits per heavy atom. The van der Waals surface area contributed by atoms with Crippen molar-refractivity contribution < 1.29 is 8.42 Å². The van der Waals surface area contributed by atoms with Gasteiger partial charge in [0.05, 0.1) is 23.2 Å². The third kappa shape index (κ3) is 3.58. The van der Waals surface area contributed by atoms with Crippen molar-refractivity contribution in [1.82, 2.24) is 13.9 Å². The first-order valence-electron chi connectivity index (χ1n) is 10.2. The number of hydrogen-bond acceptors (Lipinski definition) is 5. The molecule has 1 aromatic heterocycles. The Kier molecular flexibility index (Phi) is 4.95. The van der Waals surface area contributed by atoms with Crippen LogP contribution in [0.2, 0.25) is 0 Å². The summed E-state index contributed by atoms with van der Waals surface area (Å²) < 4.78 is 28.1. The molecular weight excluding hydrogens is 480 g/mol. The van der Waals surface area contributed by atoms with E-state index < -0.39 is 10.0 Å². The zero-order valence-electron chi connectivity index (χ0n) is 17.4. The highest BCUT2D eigenvalue weighted by atomic mass is 79.9. The Bertz CT molecular complexity index is 1340. The molecular formula is C22H23BrN4O3S. The van der Waals surface area contributed by atoms with Gasteiger partial charge in [0, 0.05) is 30.7 Å². The van der Waals surface area contributed by atoms with E-state index in [1.54, 1.807) is 4.57 Å². The lowest BCUT2D eigenvalue weighted by Crippen LogP contribution is -2.35. The molecule has 0 spiro atoms. The lowest BCUT2D eigenvalue weighted by molar-refractivity contribution is 0.449. The summed E-state index contributed by atoms with van der Waals surface area (Å²) in [6, 6.07) is 11.8. The molecule has 2 aliphatic rings. The van der Waals surface area contributed by atoms with Crippen molar-refractivity contribution in [2.24, 2.45) is 0 Å². The highest BCUT2D eigenvalue weighted by molar-refractivity contribution is 9.10. The minimum atomic E-state index is -3.31. The molecule has 1 atom stereocenters. The predicted molar refractivity (Wildman–Crippen MR) is 125 cm³/mol. The van der Waals surface area contributed by atoms with Gasteiger partial charge in [0.15, 0.2) is 0 Å². The molecule has 3 heterocycles. The number of nitrogens with zero attached hydrogens (tertiary/aromatic N) is 4. The maximum atomic E-state index is 13.7. The molecule has 0 radical (unpaired) electrons. The zero-order chi connectivity index (χ0) is 21.9. The second kappa shape index (κ2) is 7.43. The molecule has 0 bridgehead atoms. The van der Waals surface area contributed by atoms with Crippen LogP contribution in [0.1, 0.15) is 29.2 Å². The molecule has 3 aromatic rings. The van der Waals surface area contributed by atoms with Gasteiger partial charge in [0.25, 0.3) is 5.56 Å². The fourth-order valence-corrected chi connectivity index (χ4v) is 6.18. The lowest BCUT2D eigenvalue weighted by Gasteiger charge is -2.26. The monoisotopic (exact) mass is 502 g/mol. The van der Waals surface area contributed by atoms with Crippen molar-refractivity contribution in [3.8, 4) is 0 Å². The van der Waals surface area contributed by atoms with Crippen molar-refractivity contribution in [1.29, 1.82) is 0 Å². The molecule has 1 fully saturated rings. The van der Waals surface area contributed by atoms with Crippen LogP contribution in [0.25, 0.3) is 10.9 Å². The fraction of sp³-hybridized carbons (Fsp3) is 0.364. The highest BCUT2D eigenvalue weighted by Crippen LogP contribution is 2.33.